The zero-order valence-corrected chi connectivity index (χ0v) is 16.1. The second-order valence-corrected chi connectivity index (χ2v) is 6.64. The van der Waals surface area contributed by atoms with Gasteiger partial charge in [0, 0.05) is 17.3 Å². The third kappa shape index (κ3) is 3.14. The topological polar surface area (TPSA) is 59.0 Å². The Balaban J connectivity index is 1.81. The van der Waals surface area contributed by atoms with Gasteiger partial charge < -0.3 is 23.7 Å². The van der Waals surface area contributed by atoms with Crippen molar-refractivity contribution in [1.29, 1.82) is 0 Å². The summed E-state index contributed by atoms with van der Waals surface area (Å²) >= 11 is 1.41. The van der Waals surface area contributed by atoms with E-state index in [4.69, 9.17) is 23.7 Å². The van der Waals surface area contributed by atoms with Crippen LogP contribution in [0.25, 0.3) is 21.6 Å². The number of benzene rings is 2. The average Bonchev–Trinajstić information content (AvgIpc) is 3.22. The second kappa shape index (κ2) is 7.36. The first-order chi connectivity index (χ1) is 13.2. The van der Waals surface area contributed by atoms with Crippen molar-refractivity contribution in [3.05, 3.63) is 36.5 Å². The van der Waals surface area contributed by atoms with Crippen molar-refractivity contribution < 1.29 is 23.7 Å². The van der Waals surface area contributed by atoms with E-state index in [2.05, 4.69) is 4.37 Å². The lowest BCUT2D eigenvalue weighted by Crippen LogP contribution is -2.15. The Bertz CT molecular complexity index is 944. The quantitative estimate of drug-likeness (QED) is 0.654. The minimum absolute atomic E-state index is 0.554. The molecule has 1 aliphatic heterocycles. The molecule has 0 bridgehead atoms. The van der Waals surface area contributed by atoms with Crippen molar-refractivity contribution in [1.82, 2.24) is 4.37 Å². The molecular weight excluding hydrogens is 366 g/mol. The summed E-state index contributed by atoms with van der Waals surface area (Å²) in [6.45, 7) is 1.13. The maximum atomic E-state index is 5.71. The molecule has 0 fully saturated rings. The highest BCUT2D eigenvalue weighted by Gasteiger charge is 2.19. The van der Waals surface area contributed by atoms with E-state index in [1.54, 1.807) is 21.3 Å². The first kappa shape index (κ1) is 17.5. The van der Waals surface area contributed by atoms with Gasteiger partial charge in [0.2, 0.25) is 5.75 Å². The van der Waals surface area contributed by atoms with Crippen LogP contribution in [0.15, 0.2) is 36.5 Å². The largest absolute Gasteiger partial charge is 0.493 e. The normalized spacial score (nSPS) is 12.6. The van der Waals surface area contributed by atoms with E-state index in [0.717, 1.165) is 33.1 Å². The van der Waals surface area contributed by atoms with E-state index in [-0.39, 0.29) is 0 Å². The van der Waals surface area contributed by atoms with E-state index >= 15 is 0 Å². The summed E-state index contributed by atoms with van der Waals surface area (Å²) in [5.41, 5.74) is 2.96. The average molecular weight is 385 g/mol. The number of rotatable bonds is 5. The smallest absolute Gasteiger partial charge is 0.203 e. The number of hydrogen-bond donors (Lipinski definition) is 0. The first-order valence-corrected chi connectivity index (χ1v) is 9.17. The van der Waals surface area contributed by atoms with Crippen molar-refractivity contribution in [3.8, 4) is 50.3 Å². The Hall–Kier alpha value is -2.93. The molecule has 140 valence electrons. The lowest BCUT2D eigenvalue weighted by molar-refractivity contribution is 0.171. The fourth-order valence-corrected chi connectivity index (χ4v) is 3.83. The van der Waals surface area contributed by atoms with Gasteiger partial charge in [-0.3, -0.25) is 0 Å². The van der Waals surface area contributed by atoms with Gasteiger partial charge in [0.25, 0.3) is 0 Å². The van der Waals surface area contributed by atoms with E-state index in [1.807, 2.05) is 36.5 Å². The van der Waals surface area contributed by atoms with Crippen LogP contribution < -0.4 is 23.7 Å². The summed E-state index contributed by atoms with van der Waals surface area (Å²) in [5.74, 6) is 3.29. The SMILES string of the molecule is COc1cc(-c2sncc2-c2ccc3c(c2)OCCO3)cc(OC)c1OC. The second-order valence-electron chi connectivity index (χ2n) is 5.84. The molecule has 0 radical (unpaired) electrons. The van der Waals surface area contributed by atoms with Crippen LogP contribution in [0, 0.1) is 0 Å². The molecule has 0 unspecified atom stereocenters. The molecular formula is C20H19NO5S. The summed E-state index contributed by atoms with van der Waals surface area (Å²) in [7, 11) is 4.80. The Morgan fingerprint density at radius 3 is 2.22 bits per heavy atom. The Labute approximate surface area is 161 Å². The van der Waals surface area contributed by atoms with Gasteiger partial charge in [-0.05, 0) is 41.4 Å². The van der Waals surface area contributed by atoms with Crippen molar-refractivity contribution >= 4 is 11.5 Å². The minimum atomic E-state index is 0.554. The molecule has 0 saturated heterocycles. The molecule has 0 spiro atoms. The van der Waals surface area contributed by atoms with Gasteiger partial charge in [0.15, 0.2) is 23.0 Å². The highest BCUT2D eigenvalue weighted by molar-refractivity contribution is 7.10. The summed E-state index contributed by atoms with van der Waals surface area (Å²) in [5, 5.41) is 0. The molecule has 1 aliphatic rings. The van der Waals surface area contributed by atoms with E-state index in [0.29, 0.717) is 30.5 Å². The van der Waals surface area contributed by atoms with Gasteiger partial charge in [-0.2, -0.15) is 4.37 Å². The van der Waals surface area contributed by atoms with Crippen LogP contribution in [0.2, 0.25) is 0 Å². The van der Waals surface area contributed by atoms with Crippen molar-refractivity contribution in [2.24, 2.45) is 0 Å². The molecule has 0 saturated carbocycles. The molecule has 2 aromatic carbocycles. The summed E-state index contributed by atoms with van der Waals surface area (Å²) in [6.07, 6.45) is 1.86. The number of fused-ring (bicyclic) bond motifs is 1. The van der Waals surface area contributed by atoms with Crippen molar-refractivity contribution in [3.63, 3.8) is 0 Å². The molecule has 0 atom stereocenters. The third-order valence-corrected chi connectivity index (χ3v) is 5.20. The molecule has 7 heteroatoms. The summed E-state index contributed by atoms with van der Waals surface area (Å²) in [6, 6.07) is 9.78. The van der Waals surface area contributed by atoms with E-state index < -0.39 is 0 Å². The van der Waals surface area contributed by atoms with Crippen LogP contribution >= 0.6 is 11.5 Å². The van der Waals surface area contributed by atoms with Gasteiger partial charge in [-0.1, -0.05) is 6.07 Å². The minimum Gasteiger partial charge on any atom is -0.493 e. The Morgan fingerprint density at radius 2 is 1.56 bits per heavy atom. The number of ether oxygens (including phenoxy) is 5. The number of aromatic nitrogens is 1. The van der Waals surface area contributed by atoms with Crippen LogP contribution in [-0.4, -0.2) is 38.9 Å². The third-order valence-electron chi connectivity index (χ3n) is 4.35. The van der Waals surface area contributed by atoms with Crippen LogP contribution in [0.5, 0.6) is 28.7 Å². The van der Waals surface area contributed by atoms with Gasteiger partial charge in [0.05, 0.1) is 26.2 Å². The molecule has 0 aliphatic carbocycles. The highest BCUT2D eigenvalue weighted by atomic mass is 32.1. The molecule has 0 N–H and O–H groups in total. The predicted octanol–water partition coefficient (Wildman–Crippen LogP) is 4.27. The zero-order chi connectivity index (χ0) is 18.8. The predicted molar refractivity (Wildman–Crippen MR) is 104 cm³/mol. The lowest BCUT2D eigenvalue weighted by atomic mass is 10.0. The van der Waals surface area contributed by atoms with Gasteiger partial charge in [0.1, 0.15) is 13.2 Å². The Kier molecular flexibility index (Phi) is 4.77. The molecule has 0 amide bonds. The van der Waals surface area contributed by atoms with E-state index in [1.165, 1.54) is 11.5 Å². The number of hydrogen-bond acceptors (Lipinski definition) is 7. The van der Waals surface area contributed by atoms with Gasteiger partial charge >= 0.3 is 0 Å². The molecule has 6 nitrogen and oxygen atoms in total. The molecule has 4 rings (SSSR count). The molecule has 1 aromatic heterocycles. The van der Waals surface area contributed by atoms with Crippen LogP contribution in [0.1, 0.15) is 0 Å². The van der Waals surface area contributed by atoms with E-state index in [9.17, 15) is 0 Å². The summed E-state index contributed by atoms with van der Waals surface area (Å²) in [4.78, 5) is 1.01. The van der Waals surface area contributed by atoms with Crippen LogP contribution in [-0.2, 0) is 0 Å². The van der Waals surface area contributed by atoms with Gasteiger partial charge in [-0.25, -0.2) is 0 Å². The standard InChI is InChI=1S/C20H19NO5S/c1-22-17-9-13(10-18(23-2)19(17)24-3)20-14(11-21-27-20)12-4-5-15-16(8-12)26-7-6-25-15/h4-5,8-11H,6-7H2,1-3H3. The fourth-order valence-electron chi connectivity index (χ4n) is 3.08. The molecule has 3 aromatic rings. The Morgan fingerprint density at radius 1 is 0.852 bits per heavy atom. The number of methoxy groups -OCH3 is 3. The fraction of sp³-hybridized carbons (Fsp3) is 0.250. The zero-order valence-electron chi connectivity index (χ0n) is 15.3. The summed E-state index contributed by atoms with van der Waals surface area (Å²) < 4.78 is 32.1. The molecule has 27 heavy (non-hydrogen) atoms. The number of nitrogens with zero attached hydrogens (tertiary/aromatic N) is 1. The van der Waals surface area contributed by atoms with Crippen molar-refractivity contribution in [2.45, 2.75) is 0 Å². The lowest BCUT2D eigenvalue weighted by Gasteiger charge is -2.19. The highest BCUT2D eigenvalue weighted by Crippen LogP contribution is 2.45. The van der Waals surface area contributed by atoms with Crippen molar-refractivity contribution in [2.75, 3.05) is 34.5 Å². The van der Waals surface area contributed by atoms with Crippen LogP contribution in [0.4, 0.5) is 0 Å². The monoisotopic (exact) mass is 385 g/mol. The maximum Gasteiger partial charge on any atom is 0.203 e. The maximum absolute atomic E-state index is 5.71. The van der Waals surface area contributed by atoms with Crippen LogP contribution in [0.3, 0.4) is 0 Å². The van der Waals surface area contributed by atoms with Gasteiger partial charge in [-0.15, -0.1) is 0 Å². The first-order valence-electron chi connectivity index (χ1n) is 8.40. The molecule has 2 heterocycles.